The lowest BCUT2D eigenvalue weighted by Gasteiger charge is -2.28. The number of hydrogen-bond donors (Lipinski definition) is 2. The third-order valence-electron chi connectivity index (χ3n) is 3.71. The van der Waals surface area contributed by atoms with Gasteiger partial charge in [-0.2, -0.15) is 0 Å². The van der Waals surface area contributed by atoms with Crippen LogP contribution in [0.2, 0.25) is 0 Å². The molecule has 0 saturated carbocycles. The molecule has 4 nitrogen and oxygen atoms in total. The van der Waals surface area contributed by atoms with Crippen LogP contribution in [0.1, 0.15) is 44.7 Å². The van der Waals surface area contributed by atoms with Crippen molar-refractivity contribution in [2.45, 2.75) is 59.0 Å². The number of aryl methyl sites for hydroxylation is 1. The van der Waals surface area contributed by atoms with Crippen LogP contribution in [0.5, 0.6) is 5.75 Å². The molecule has 118 valence electrons. The van der Waals surface area contributed by atoms with Gasteiger partial charge >= 0.3 is 5.97 Å². The maximum atomic E-state index is 11.4. The summed E-state index contributed by atoms with van der Waals surface area (Å²) >= 11 is 0. The van der Waals surface area contributed by atoms with Crippen LogP contribution in [-0.4, -0.2) is 29.3 Å². The summed E-state index contributed by atoms with van der Waals surface area (Å²) in [5, 5.41) is 12.5. The standard InChI is InChI=1S/C17H27NO3/c1-12(2)18-17(5,16(19)20)10-7-11-21-15-9-6-8-13(3)14(15)4/h6,8-9,12,18H,7,10-11H2,1-5H3,(H,19,20). The van der Waals surface area contributed by atoms with E-state index in [0.29, 0.717) is 19.4 Å². The topological polar surface area (TPSA) is 58.6 Å². The first-order valence-electron chi connectivity index (χ1n) is 7.46. The molecular weight excluding hydrogens is 266 g/mol. The number of ether oxygens (including phenoxy) is 1. The number of rotatable bonds is 8. The van der Waals surface area contributed by atoms with E-state index in [2.05, 4.69) is 18.3 Å². The van der Waals surface area contributed by atoms with Gasteiger partial charge in [0.1, 0.15) is 11.3 Å². The van der Waals surface area contributed by atoms with Crippen molar-refractivity contribution in [2.24, 2.45) is 0 Å². The van der Waals surface area contributed by atoms with Crippen LogP contribution < -0.4 is 10.1 Å². The van der Waals surface area contributed by atoms with E-state index in [1.807, 2.05) is 32.9 Å². The molecule has 0 fully saturated rings. The van der Waals surface area contributed by atoms with Crippen LogP contribution in [-0.2, 0) is 4.79 Å². The Labute approximate surface area is 127 Å². The molecule has 0 aromatic heterocycles. The summed E-state index contributed by atoms with van der Waals surface area (Å²) in [6.07, 6.45) is 1.22. The van der Waals surface area contributed by atoms with Crippen LogP contribution in [0.3, 0.4) is 0 Å². The summed E-state index contributed by atoms with van der Waals surface area (Å²) < 4.78 is 5.78. The minimum Gasteiger partial charge on any atom is -0.493 e. The van der Waals surface area contributed by atoms with Gasteiger partial charge < -0.3 is 9.84 Å². The lowest BCUT2D eigenvalue weighted by atomic mass is 9.95. The molecule has 21 heavy (non-hydrogen) atoms. The Balaban J connectivity index is 2.52. The Morgan fingerprint density at radius 2 is 2.05 bits per heavy atom. The molecule has 0 aliphatic rings. The second-order valence-corrected chi connectivity index (χ2v) is 6.09. The number of hydrogen-bond acceptors (Lipinski definition) is 3. The SMILES string of the molecule is Cc1cccc(OCCCC(C)(NC(C)C)C(=O)O)c1C. The molecule has 4 heteroatoms. The predicted octanol–water partition coefficient (Wildman–Crippen LogP) is 3.30. The van der Waals surface area contributed by atoms with E-state index in [9.17, 15) is 9.90 Å². The van der Waals surface area contributed by atoms with Crippen molar-refractivity contribution in [2.75, 3.05) is 6.61 Å². The van der Waals surface area contributed by atoms with Crippen LogP contribution in [0, 0.1) is 13.8 Å². The Hall–Kier alpha value is -1.55. The van der Waals surface area contributed by atoms with Crippen molar-refractivity contribution in [3.8, 4) is 5.75 Å². The minimum atomic E-state index is -0.904. The van der Waals surface area contributed by atoms with Gasteiger partial charge in [-0.15, -0.1) is 0 Å². The van der Waals surface area contributed by atoms with Crippen LogP contribution in [0.15, 0.2) is 18.2 Å². The molecule has 0 aliphatic carbocycles. The summed E-state index contributed by atoms with van der Waals surface area (Å²) in [6, 6.07) is 6.10. The minimum absolute atomic E-state index is 0.131. The Bertz CT molecular complexity index is 485. The maximum absolute atomic E-state index is 11.4. The highest BCUT2D eigenvalue weighted by Crippen LogP contribution is 2.21. The van der Waals surface area contributed by atoms with Gasteiger partial charge in [0.2, 0.25) is 0 Å². The van der Waals surface area contributed by atoms with Gasteiger partial charge in [0, 0.05) is 6.04 Å². The predicted molar refractivity (Wildman–Crippen MR) is 85.0 cm³/mol. The van der Waals surface area contributed by atoms with E-state index >= 15 is 0 Å². The highest BCUT2D eigenvalue weighted by molar-refractivity contribution is 5.78. The number of nitrogens with one attached hydrogen (secondary N) is 1. The molecule has 0 spiro atoms. The molecule has 0 radical (unpaired) electrons. The monoisotopic (exact) mass is 293 g/mol. The molecule has 1 atom stereocenters. The number of benzene rings is 1. The van der Waals surface area contributed by atoms with E-state index in [1.54, 1.807) is 6.92 Å². The highest BCUT2D eigenvalue weighted by atomic mass is 16.5. The first kappa shape index (κ1) is 17.5. The molecule has 0 amide bonds. The lowest BCUT2D eigenvalue weighted by molar-refractivity contribution is -0.144. The van der Waals surface area contributed by atoms with Crippen molar-refractivity contribution < 1.29 is 14.6 Å². The highest BCUT2D eigenvalue weighted by Gasteiger charge is 2.32. The van der Waals surface area contributed by atoms with E-state index in [1.165, 1.54) is 5.56 Å². The van der Waals surface area contributed by atoms with E-state index in [4.69, 9.17) is 4.74 Å². The average Bonchev–Trinajstić information content (AvgIpc) is 2.38. The third-order valence-corrected chi connectivity index (χ3v) is 3.71. The van der Waals surface area contributed by atoms with Crippen molar-refractivity contribution in [3.05, 3.63) is 29.3 Å². The summed E-state index contributed by atoms with van der Waals surface area (Å²) in [5.41, 5.74) is 1.43. The number of aliphatic carboxylic acids is 1. The van der Waals surface area contributed by atoms with Crippen LogP contribution in [0.25, 0.3) is 0 Å². The molecule has 1 aromatic rings. The summed E-state index contributed by atoms with van der Waals surface area (Å²) in [5.74, 6) is 0.0618. The second-order valence-electron chi connectivity index (χ2n) is 6.09. The molecule has 0 heterocycles. The van der Waals surface area contributed by atoms with E-state index in [-0.39, 0.29) is 6.04 Å². The fourth-order valence-corrected chi connectivity index (χ4v) is 2.37. The zero-order valence-electron chi connectivity index (χ0n) is 13.7. The van der Waals surface area contributed by atoms with Gasteiger partial charge in [-0.3, -0.25) is 10.1 Å². The summed E-state index contributed by atoms with van der Waals surface area (Å²) in [4.78, 5) is 11.4. The molecule has 1 rings (SSSR count). The zero-order valence-corrected chi connectivity index (χ0v) is 13.7. The Morgan fingerprint density at radius 1 is 1.38 bits per heavy atom. The second kappa shape index (κ2) is 7.46. The molecule has 0 aliphatic heterocycles. The van der Waals surface area contributed by atoms with E-state index < -0.39 is 11.5 Å². The molecule has 0 bridgehead atoms. The van der Waals surface area contributed by atoms with Gasteiger partial charge in [0.15, 0.2) is 0 Å². The zero-order chi connectivity index (χ0) is 16.0. The molecular formula is C17H27NO3. The first-order valence-corrected chi connectivity index (χ1v) is 7.46. The quantitative estimate of drug-likeness (QED) is 0.722. The van der Waals surface area contributed by atoms with Gasteiger partial charge in [-0.05, 0) is 64.7 Å². The van der Waals surface area contributed by atoms with Gasteiger partial charge in [-0.1, -0.05) is 12.1 Å². The van der Waals surface area contributed by atoms with Gasteiger partial charge in [0.05, 0.1) is 6.61 Å². The molecule has 1 aromatic carbocycles. The van der Waals surface area contributed by atoms with Crippen molar-refractivity contribution in [3.63, 3.8) is 0 Å². The van der Waals surface area contributed by atoms with Crippen LogP contribution >= 0.6 is 0 Å². The Morgan fingerprint density at radius 3 is 2.62 bits per heavy atom. The summed E-state index contributed by atoms with van der Waals surface area (Å²) in [7, 11) is 0. The fraction of sp³-hybridized carbons (Fsp3) is 0.588. The van der Waals surface area contributed by atoms with Gasteiger partial charge in [0.25, 0.3) is 0 Å². The lowest BCUT2D eigenvalue weighted by Crippen LogP contribution is -2.52. The largest absolute Gasteiger partial charge is 0.493 e. The number of carbonyl (C=O) groups is 1. The van der Waals surface area contributed by atoms with Gasteiger partial charge in [-0.25, -0.2) is 0 Å². The van der Waals surface area contributed by atoms with Crippen molar-refractivity contribution in [1.29, 1.82) is 0 Å². The normalized spacial score (nSPS) is 14.0. The molecule has 0 saturated heterocycles. The third kappa shape index (κ3) is 5.05. The number of carboxylic acids is 1. The van der Waals surface area contributed by atoms with Crippen molar-refractivity contribution in [1.82, 2.24) is 5.32 Å². The fourth-order valence-electron chi connectivity index (χ4n) is 2.37. The smallest absolute Gasteiger partial charge is 0.323 e. The van der Waals surface area contributed by atoms with Crippen molar-refractivity contribution >= 4 is 5.97 Å². The van der Waals surface area contributed by atoms with E-state index in [0.717, 1.165) is 11.3 Å². The maximum Gasteiger partial charge on any atom is 0.323 e. The molecule has 2 N–H and O–H groups in total. The average molecular weight is 293 g/mol. The number of carboxylic acid groups (broad SMARTS) is 1. The molecule has 1 unspecified atom stereocenters. The first-order chi connectivity index (χ1) is 9.76. The van der Waals surface area contributed by atoms with Crippen LogP contribution in [0.4, 0.5) is 0 Å². The Kier molecular flexibility index (Phi) is 6.21. The summed E-state index contributed by atoms with van der Waals surface area (Å²) in [6.45, 7) is 10.2.